The molecule has 2 heterocycles. The molecule has 4 aromatic carbocycles. The molecule has 2 aliphatic rings. The summed E-state index contributed by atoms with van der Waals surface area (Å²) in [5.41, 5.74) is 7.39. The summed E-state index contributed by atoms with van der Waals surface area (Å²) in [6.45, 7) is 0. The molecule has 0 atom stereocenters. The number of hydrogen-bond donors (Lipinski definition) is 1. The van der Waals surface area contributed by atoms with E-state index in [1.807, 2.05) is 0 Å². The summed E-state index contributed by atoms with van der Waals surface area (Å²) in [5, 5.41) is 3.55. The van der Waals surface area contributed by atoms with Crippen LogP contribution >= 0.6 is 0 Å². The van der Waals surface area contributed by atoms with Gasteiger partial charge in [-0.15, -0.1) is 0 Å². The maximum absolute atomic E-state index is 13.4. The minimum absolute atomic E-state index is 0.206. The molecule has 2 aliphatic heterocycles. The molecule has 0 spiro atoms. The Hall–Kier alpha value is -4.52. The van der Waals surface area contributed by atoms with Crippen LogP contribution in [0.3, 0.4) is 0 Å². The molecule has 0 radical (unpaired) electrons. The van der Waals surface area contributed by atoms with Crippen LogP contribution in [-0.4, -0.2) is 33.6 Å². The number of carbonyl (C=O) groups excluding carboxylic acids is 4. The largest absolute Gasteiger partial charge is 0.398 e. The first-order valence-corrected chi connectivity index (χ1v) is 9.59. The van der Waals surface area contributed by atoms with Crippen LogP contribution in [0.25, 0.3) is 21.5 Å². The highest BCUT2D eigenvalue weighted by Crippen LogP contribution is 2.36. The molecular formula is C24H13N3O4. The Bertz CT molecular complexity index is 1470. The molecule has 0 saturated heterocycles. The average molecular weight is 407 g/mol. The van der Waals surface area contributed by atoms with Crippen LogP contribution in [0.1, 0.15) is 41.4 Å². The SMILES string of the molecule is Nc1ccc2c3c(cccc13)C(=O)N(N1C(=O)c3cccc4cccc(c34)C1=O)C2=O. The molecule has 4 amide bonds. The lowest BCUT2D eigenvalue weighted by Gasteiger charge is -2.36. The number of amides is 4. The van der Waals surface area contributed by atoms with Gasteiger partial charge in [-0.3, -0.25) is 19.2 Å². The maximum atomic E-state index is 13.4. The lowest BCUT2D eigenvalue weighted by Crippen LogP contribution is -2.58. The first kappa shape index (κ1) is 17.3. The molecule has 7 nitrogen and oxygen atoms in total. The number of hydrogen-bond acceptors (Lipinski definition) is 5. The fourth-order valence-electron chi connectivity index (χ4n) is 4.49. The Balaban J connectivity index is 1.58. The van der Waals surface area contributed by atoms with Crippen LogP contribution in [0.15, 0.2) is 66.7 Å². The molecule has 0 aromatic heterocycles. The molecule has 2 N–H and O–H groups in total. The summed E-state index contributed by atoms with van der Waals surface area (Å²) in [4.78, 5) is 53.5. The zero-order chi connectivity index (χ0) is 21.4. The summed E-state index contributed by atoms with van der Waals surface area (Å²) in [6, 6.07) is 18.2. The summed E-state index contributed by atoms with van der Waals surface area (Å²) >= 11 is 0. The van der Waals surface area contributed by atoms with E-state index in [0.29, 0.717) is 31.9 Å². The number of nitrogens with zero attached hydrogens (tertiary/aromatic N) is 2. The van der Waals surface area contributed by atoms with E-state index in [2.05, 4.69) is 0 Å². The van der Waals surface area contributed by atoms with Gasteiger partial charge in [0.05, 0.1) is 22.3 Å². The number of anilines is 1. The van der Waals surface area contributed by atoms with Gasteiger partial charge in [-0.05, 0) is 35.7 Å². The topological polar surface area (TPSA) is 101 Å². The second-order valence-electron chi connectivity index (χ2n) is 7.48. The zero-order valence-corrected chi connectivity index (χ0v) is 16.0. The third kappa shape index (κ3) is 2.06. The van der Waals surface area contributed by atoms with Gasteiger partial charge < -0.3 is 5.73 Å². The first-order valence-electron chi connectivity index (χ1n) is 9.59. The van der Waals surface area contributed by atoms with Crippen molar-refractivity contribution in [3.05, 3.63) is 89.0 Å². The predicted molar refractivity (Wildman–Crippen MR) is 113 cm³/mol. The highest BCUT2D eigenvalue weighted by atomic mass is 16.2. The minimum atomic E-state index is -0.748. The summed E-state index contributed by atoms with van der Waals surface area (Å²) < 4.78 is 0. The Morgan fingerprint density at radius 1 is 0.516 bits per heavy atom. The number of imide groups is 2. The zero-order valence-electron chi connectivity index (χ0n) is 16.0. The Morgan fingerprint density at radius 2 is 0.968 bits per heavy atom. The van der Waals surface area contributed by atoms with Gasteiger partial charge in [-0.1, -0.05) is 36.4 Å². The number of nitrogens with two attached hydrogens (primary N) is 1. The maximum Gasteiger partial charge on any atom is 0.281 e. The highest BCUT2D eigenvalue weighted by Gasteiger charge is 2.45. The van der Waals surface area contributed by atoms with Crippen molar-refractivity contribution in [2.24, 2.45) is 0 Å². The Morgan fingerprint density at radius 3 is 1.52 bits per heavy atom. The molecule has 6 rings (SSSR count). The van der Waals surface area contributed by atoms with E-state index >= 15 is 0 Å². The third-order valence-corrected chi connectivity index (χ3v) is 5.87. The van der Waals surface area contributed by atoms with Gasteiger partial charge in [-0.2, -0.15) is 10.0 Å². The van der Waals surface area contributed by atoms with E-state index in [4.69, 9.17) is 5.73 Å². The molecule has 4 aromatic rings. The van der Waals surface area contributed by atoms with Crippen molar-refractivity contribution in [3.63, 3.8) is 0 Å². The molecule has 0 aliphatic carbocycles. The Kier molecular flexibility index (Phi) is 3.22. The standard InChI is InChI=1S/C24H13N3O4/c25-18-11-10-17-20-13(18)6-3-9-16(20)23(30)27(24(17)31)26-21(28)14-7-1-4-12-5-2-8-15(19(12)14)22(26)29/h1-11H,25H2. The van der Waals surface area contributed by atoms with Crippen LogP contribution in [0, 0.1) is 0 Å². The van der Waals surface area contributed by atoms with Crippen molar-refractivity contribution in [1.29, 1.82) is 0 Å². The number of benzene rings is 4. The molecule has 31 heavy (non-hydrogen) atoms. The average Bonchev–Trinajstić information content (AvgIpc) is 2.78. The van der Waals surface area contributed by atoms with E-state index in [0.717, 1.165) is 5.39 Å². The smallest absolute Gasteiger partial charge is 0.281 e. The van der Waals surface area contributed by atoms with Crippen molar-refractivity contribution in [3.8, 4) is 0 Å². The van der Waals surface area contributed by atoms with Crippen molar-refractivity contribution in [2.75, 3.05) is 5.73 Å². The van der Waals surface area contributed by atoms with Gasteiger partial charge in [0.15, 0.2) is 0 Å². The van der Waals surface area contributed by atoms with Gasteiger partial charge >= 0.3 is 0 Å². The van der Waals surface area contributed by atoms with E-state index in [-0.39, 0.29) is 22.3 Å². The number of hydrazine groups is 1. The van der Waals surface area contributed by atoms with Crippen LogP contribution in [0.2, 0.25) is 0 Å². The molecule has 7 heteroatoms. The molecule has 0 bridgehead atoms. The second-order valence-corrected chi connectivity index (χ2v) is 7.48. The monoisotopic (exact) mass is 407 g/mol. The van der Waals surface area contributed by atoms with Crippen LogP contribution in [-0.2, 0) is 0 Å². The summed E-state index contributed by atoms with van der Waals surface area (Å²) in [6.07, 6.45) is 0. The fraction of sp³-hybridized carbons (Fsp3) is 0. The van der Waals surface area contributed by atoms with Crippen molar-refractivity contribution < 1.29 is 19.2 Å². The van der Waals surface area contributed by atoms with E-state index in [9.17, 15) is 19.2 Å². The number of nitrogen functional groups attached to an aromatic ring is 1. The van der Waals surface area contributed by atoms with E-state index in [1.165, 1.54) is 6.07 Å². The molecule has 0 unspecified atom stereocenters. The lowest BCUT2D eigenvalue weighted by atomic mass is 9.92. The number of rotatable bonds is 1. The lowest BCUT2D eigenvalue weighted by molar-refractivity contribution is 0.00212. The van der Waals surface area contributed by atoms with Crippen LogP contribution < -0.4 is 5.73 Å². The minimum Gasteiger partial charge on any atom is -0.398 e. The molecule has 0 fully saturated rings. The Labute approximate surface area is 175 Å². The third-order valence-electron chi connectivity index (χ3n) is 5.87. The van der Waals surface area contributed by atoms with E-state index in [1.54, 1.807) is 60.7 Å². The van der Waals surface area contributed by atoms with Crippen molar-refractivity contribution >= 4 is 50.9 Å². The summed E-state index contributed by atoms with van der Waals surface area (Å²) in [7, 11) is 0. The van der Waals surface area contributed by atoms with Gasteiger partial charge in [0.25, 0.3) is 23.6 Å². The molecule has 0 saturated carbocycles. The molecular weight excluding hydrogens is 394 g/mol. The number of carbonyl (C=O) groups is 4. The predicted octanol–water partition coefficient (Wildman–Crippen LogP) is 3.38. The normalized spacial score (nSPS) is 15.4. The van der Waals surface area contributed by atoms with Crippen molar-refractivity contribution in [2.45, 2.75) is 0 Å². The van der Waals surface area contributed by atoms with E-state index < -0.39 is 23.6 Å². The molecule has 148 valence electrons. The van der Waals surface area contributed by atoms with Crippen LogP contribution in [0.5, 0.6) is 0 Å². The quantitative estimate of drug-likeness (QED) is 0.385. The summed E-state index contributed by atoms with van der Waals surface area (Å²) in [5.74, 6) is -2.94. The second kappa shape index (κ2) is 5.76. The van der Waals surface area contributed by atoms with Crippen molar-refractivity contribution in [1.82, 2.24) is 10.0 Å². The first-order chi connectivity index (χ1) is 15.0. The van der Waals surface area contributed by atoms with Crippen LogP contribution in [0.4, 0.5) is 5.69 Å². The van der Waals surface area contributed by atoms with Gasteiger partial charge in [0, 0.05) is 21.8 Å². The van der Waals surface area contributed by atoms with Gasteiger partial charge in [0.2, 0.25) is 0 Å². The van der Waals surface area contributed by atoms with Gasteiger partial charge in [-0.25, -0.2) is 0 Å². The fourth-order valence-corrected chi connectivity index (χ4v) is 4.49. The van der Waals surface area contributed by atoms with Gasteiger partial charge in [0.1, 0.15) is 0 Å². The highest BCUT2D eigenvalue weighted by molar-refractivity contribution is 6.31.